The zero-order chi connectivity index (χ0) is 13.9. The summed E-state index contributed by atoms with van der Waals surface area (Å²) in [6, 6.07) is 8.36. The molecule has 104 valence electrons. The van der Waals surface area contributed by atoms with Crippen LogP contribution in [0.2, 0.25) is 0 Å². The van der Waals surface area contributed by atoms with Crippen molar-refractivity contribution in [2.45, 2.75) is 26.2 Å². The number of aryl methyl sites for hydroxylation is 1. The normalized spacial score (nSPS) is 18.3. The lowest BCUT2D eigenvalue weighted by Gasteiger charge is -2.40. The average Bonchev–Trinajstić information content (AvgIpc) is 2.42. The van der Waals surface area contributed by atoms with E-state index in [1.165, 1.54) is 16.0 Å². The number of hydrogen-bond donors (Lipinski definition) is 2. The molecule has 1 amide bonds. The van der Waals surface area contributed by atoms with E-state index in [0.29, 0.717) is 19.6 Å². The Hall–Kier alpha value is -1.55. The van der Waals surface area contributed by atoms with Crippen LogP contribution in [0.15, 0.2) is 24.3 Å². The predicted octanol–water partition coefficient (Wildman–Crippen LogP) is 2.26. The van der Waals surface area contributed by atoms with E-state index in [2.05, 4.69) is 25.1 Å². The highest BCUT2D eigenvalue weighted by Gasteiger charge is 2.35. The van der Waals surface area contributed by atoms with Gasteiger partial charge in [-0.1, -0.05) is 24.3 Å². The van der Waals surface area contributed by atoms with E-state index in [0.717, 1.165) is 19.3 Å². The van der Waals surface area contributed by atoms with Crippen molar-refractivity contribution in [1.29, 1.82) is 0 Å². The SMILES string of the molecule is Cc1ccccc1CC1(CN)CCN(C(=O)O)CC1. The molecule has 19 heavy (non-hydrogen) atoms. The van der Waals surface area contributed by atoms with Crippen molar-refractivity contribution in [2.75, 3.05) is 19.6 Å². The van der Waals surface area contributed by atoms with Gasteiger partial charge in [0, 0.05) is 13.1 Å². The smallest absolute Gasteiger partial charge is 0.407 e. The quantitative estimate of drug-likeness (QED) is 0.878. The molecule has 1 aromatic rings. The van der Waals surface area contributed by atoms with E-state index in [9.17, 15) is 4.79 Å². The highest BCUT2D eigenvalue weighted by Crippen LogP contribution is 2.34. The van der Waals surface area contributed by atoms with E-state index in [1.54, 1.807) is 0 Å². The molecule has 4 nitrogen and oxygen atoms in total. The van der Waals surface area contributed by atoms with E-state index >= 15 is 0 Å². The van der Waals surface area contributed by atoms with Gasteiger partial charge in [-0.05, 0) is 49.3 Å². The molecule has 0 aliphatic carbocycles. The summed E-state index contributed by atoms with van der Waals surface area (Å²) in [6.45, 7) is 3.93. The largest absolute Gasteiger partial charge is 0.465 e. The van der Waals surface area contributed by atoms with E-state index in [-0.39, 0.29) is 5.41 Å². The molecule has 1 fully saturated rings. The summed E-state index contributed by atoms with van der Waals surface area (Å²) in [5.74, 6) is 0. The van der Waals surface area contributed by atoms with Gasteiger partial charge in [0.1, 0.15) is 0 Å². The number of carbonyl (C=O) groups is 1. The van der Waals surface area contributed by atoms with Crippen LogP contribution in [-0.4, -0.2) is 35.7 Å². The molecule has 4 heteroatoms. The molecule has 0 unspecified atom stereocenters. The number of likely N-dealkylation sites (tertiary alicyclic amines) is 1. The zero-order valence-corrected chi connectivity index (χ0v) is 11.4. The van der Waals surface area contributed by atoms with Gasteiger partial charge in [-0.2, -0.15) is 0 Å². The third-order valence-electron chi connectivity index (χ3n) is 4.35. The Bertz CT molecular complexity index is 451. The standard InChI is InChI=1S/C15H22N2O2/c1-12-4-2-3-5-13(12)10-15(11-16)6-8-17(9-7-15)14(18)19/h2-5H,6-11,16H2,1H3,(H,18,19). The number of benzene rings is 1. The number of nitrogens with two attached hydrogens (primary N) is 1. The van der Waals surface area contributed by atoms with E-state index in [1.807, 2.05) is 6.07 Å². The minimum atomic E-state index is -0.818. The first-order chi connectivity index (χ1) is 9.06. The van der Waals surface area contributed by atoms with Crippen molar-refractivity contribution in [1.82, 2.24) is 4.90 Å². The summed E-state index contributed by atoms with van der Waals surface area (Å²) in [5.41, 5.74) is 8.66. The Kier molecular flexibility index (Phi) is 4.10. The molecule has 0 radical (unpaired) electrons. The Morgan fingerprint density at radius 1 is 1.37 bits per heavy atom. The number of hydrogen-bond acceptors (Lipinski definition) is 2. The molecule has 1 saturated heterocycles. The van der Waals surface area contributed by atoms with Gasteiger partial charge in [0.2, 0.25) is 0 Å². The molecule has 0 bridgehead atoms. The monoisotopic (exact) mass is 262 g/mol. The lowest BCUT2D eigenvalue weighted by atomic mass is 9.73. The molecule has 0 aromatic heterocycles. The van der Waals surface area contributed by atoms with Crippen molar-refractivity contribution in [2.24, 2.45) is 11.1 Å². The highest BCUT2D eigenvalue weighted by molar-refractivity contribution is 5.65. The first-order valence-corrected chi connectivity index (χ1v) is 6.79. The maximum absolute atomic E-state index is 11.0. The fourth-order valence-electron chi connectivity index (χ4n) is 2.84. The molecular formula is C15H22N2O2. The van der Waals surface area contributed by atoms with Gasteiger partial charge in [-0.25, -0.2) is 4.79 Å². The number of amides is 1. The van der Waals surface area contributed by atoms with Crippen molar-refractivity contribution in [3.8, 4) is 0 Å². The Labute approximate surface area is 114 Å². The Morgan fingerprint density at radius 3 is 2.53 bits per heavy atom. The lowest BCUT2D eigenvalue weighted by Crippen LogP contribution is -2.46. The van der Waals surface area contributed by atoms with Gasteiger partial charge >= 0.3 is 6.09 Å². The maximum atomic E-state index is 11.0. The molecule has 3 N–H and O–H groups in total. The van der Waals surface area contributed by atoms with E-state index < -0.39 is 6.09 Å². The van der Waals surface area contributed by atoms with Crippen LogP contribution in [0.4, 0.5) is 4.79 Å². The van der Waals surface area contributed by atoms with Crippen LogP contribution < -0.4 is 5.73 Å². The second kappa shape index (κ2) is 5.61. The van der Waals surface area contributed by atoms with Crippen LogP contribution in [-0.2, 0) is 6.42 Å². The lowest BCUT2D eigenvalue weighted by molar-refractivity contribution is 0.0926. The number of piperidine rings is 1. The summed E-state index contributed by atoms with van der Waals surface area (Å²) in [5, 5.41) is 9.01. The summed E-state index contributed by atoms with van der Waals surface area (Å²) in [4.78, 5) is 12.5. The van der Waals surface area contributed by atoms with E-state index in [4.69, 9.17) is 10.8 Å². The number of rotatable bonds is 3. The third-order valence-corrected chi connectivity index (χ3v) is 4.35. The molecule has 1 aromatic carbocycles. The van der Waals surface area contributed by atoms with Crippen LogP contribution >= 0.6 is 0 Å². The minimum Gasteiger partial charge on any atom is -0.465 e. The fourth-order valence-corrected chi connectivity index (χ4v) is 2.84. The third kappa shape index (κ3) is 3.07. The molecule has 2 rings (SSSR count). The highest BCUT2D eigenvalue weighted by atomic mass is 16.4. The molecule has 0 atom stereocenters. The van der Waals surface area contributed by atoms with Gasteiger partial charge in [0.05, 0.1) is 0 Å². The maximum Gasteiger partial charge on any atom is 0.407 e. The Balaban J connectivity index is 2.09. The summed E-state index contributed by atoms with van der Waals surface area (Å²) in [7, 11) is 0. The second-order valence-corrected chi connectivity index (χ2v) is 5.58. The first kappa shape index (κ1) is 13.9. The van der Waals surface area contributed by atoms with Crippen molar-refractivity contribution < 1.29 is 9.90 Å². The van der Waals surface area contributed by atoms with Gasteiger partial charge in [0.25, 0.3) is 0 Å². The Morgan fingerprint density at radius 2 is 2.00 bits per heavy atom. The average molecular weight is 262 g/mol. The van der Waals surface area contributed by atoms with Crippen LogP contribution in [0.5, 0.6) is 0 Å². The summed E-state index contributed by atoms with van der Waals surface area (Å²) < 4.78 is 0. The van der Waals surface area contributed by atoms with Crippen molar-refractivity contribution in [3.05, 3.63) is 35.4 Å². The molecule has 1 aliphatic heterocycles. The van der Waals surface area contributed by atoms with Crippen LogP contribution in [0.1, 0.15) is 24.0 Å². The minimum absolute atomic E-state index is 0.0536. The molecule has 0 spiro atoms. The predicted molar refractivity (Wildman–Crippen MR) is 75.2 cm³/mol. The summed E-state index contributed by atoms with van der Waals surface area (Å²) >= 11 is 0. The molecule has 1 heterocycles. The first-order valence-electron chi connectivity index (χ1n) is 6.79. The van der Waals surface area contributed by atoms with Gasteiger partial charge in [-0.3, -0.25) is 0 Å². The number of nitrogens with zero attached hydrogens (tertiary/aromatic N) is 1. The number of carboxylic acid groups (broad SMARTS) is 1. The summed E-state index contributed by atoms with van der Waals surface area (Å²) in [6.07, 6.45) is 1.83. The molecule has 0 saturated carbocycles. The van der Waals surface area contributed by atoms with Crippen LogP contribution in [0.3, 0.4) is 0 Å². The zero-order valence-electron chi connectivity index (χ0n) is 11.4. The molecular weight excluding hydrogens is 240 g/mol. The fraction of sp³-hybridized carbons (Fsp3) is 0.533. The van der Waals surface area contributed by atoms with Crippen molar-refractivity contribution in [3.63, 3.8) is 0 Å². The topological polar surface area (TPSA) is 66.6 Å². The van der Waals surface area contributed by atoms with Crippen LogP contribution in [0, 0.1) is 12.3 Å². The molecule has 1 aliphatic rings. The second-order valence-electron chi connectivity index (χ2n) is 5.58. The van der Waals surface area contributed by atoms with Crippen LogP contribution in [0.25, 0.3) is 0 Å². The van der Waals surface area contributed by atoms with Gasteiger partial charge in [-0.15, -0.1) is 0 Å². The van der Waals surface area contributed by atoms with Gasteiger partial charge < -0.3 is 15.7 Å². The van der Waals surface area contributed by atoms with Gasteiger partial charge in [0.15, 0.2) is 0 Å². The van der Waals surface area contributed by atoms with Crippen molar-refractivity contribution >= 4 is 6.09 Å².